The number of rotatable bonds is 4. The zero-order chi connectivity index (χ0) is 22.2. The molecule has 2 aromatic rings. The molecule has 1 amide bonds. The van der Waals surface area contributed by atoms with Crippen LogP contribution >= 0.6 is 0 Å². The molecule has 2 heterocycles. The molecule has 2 fully saturated rings. The average molecular weight is 423 g/mol. The van der Waals surface area contributed by atoms with E-state index in [4.69, 9.17) is 14.7 Å². The molecule has 0 spiro atoms. The SMILES string of the molecule is CC(C)(C)OC(=O)N1CCC2(c3cccc(OCc4ccc(C#N)cc4F)n3)CC2C1. The van der Waals surface area contributed by atoms with Crippen molar-refractivity contribution in [3.63, 3.8) is 0 Å². The molecule has 1 saturated heterocycles. The third-order valence-electron chi connectivity index (χ3n) is 5.94. The van der Waals surface area contributed by atoms with E-state index in [1.165, 1.54) is 6.07 Å². The number of aromatic nitrogens is 1. The van der Waals surface area contributed by atoms with E-state index >= 15 is 0 Å². The summed E-state index contributed by atoms with van der Waals surface area (Å²) in [5, 5.41) is 8.85. The van der Waals surface area contributed by atoms with Crippen LogP contribution in [0, 0.1) is 23.1 Å². The van der Waals surface area contributed by atoms with Crippen LogP contribution in [0.1, 0.15) is 50.4 Å². The number of halogens is 1. The number of piperidine rings is 1. The number of carbonyl (C=O) groups excluding carboxylic acids is 1. The maximum Gasteiger partial charge on any atom is 0.410 e. The van der Waals surface area contributed by atoms with Crippen molar-refractivity contribution in [3.8, 4) is 11.9 Å². The van der Waals surface area contributed by atoms with Crippen molar-refractivity contribution in [1.82, 2.24) is 9.88 Å². The Hall–Kier alpha value is -3.14. The second-order valence-electron chi connectivity index (χ2n) is 9.30. The van der Waals surface area contributed by atoms with E-state index in [1.807, 2.05) is 39.0 Å². The first-order valence-electron chi connectivity index (χ1n) is 10.5. The molecule has 6 nitrogen and oxygen atoms in total. The maximum absolute atomic E-state index is 14.1. The maximum atomic E-state index is 14.1. The van der Waals surface area contributed by atoms with Crippen LogP contribution < -0.4 is 4.74 Å². The Labute approximate surface area is 181 Å². The number of pyridine rings is 1. The standard InChI is InChI=1S/C24H26FN3O3/c1-23(2,3)31-22(29)28-10-9-24(12-18(24)14-28)20-5-4-6-21(27-20)30-15-17-8-7-16(13-26)11-19(17)25/h4-8,11,18H,9-10,12,14-15H2,1-3H3. The van der Waals surface area contributed by atoms with E-state index in [0.29, 0.717) is 30.5 Å². The third-order valence-corrected chi connectivity index (χ3v) is 5.94. The highest BCUT2D eigenvalue weighted by Gasteiger charge is 2.59. The summed E-state index contributed by atoms with van der Waals surface area (Å²) in [6, 6.07) is 11.9. The second kappa shape index (κ2) is 7.84. The summed E-state index contributed by atoms with van der Waals surface area (Å²) in [6.07, 6.45) is 1.55. The number of carbonyl (C=O) groups is 1. The average Bonchev–Trinajstić information content (AvgIpc) is 3.47. The predicted octanol–water partition coefficient (Wildman–Crippen LogP) is 4.57. The highest BCUT2D eigenvalue weighted by molar-refractivity contribution is 5.68. The fourth-order valence-electron chi connectivity index (χ4n) is 4.21. The zero-order valence-electron chi connectivity index (χ0n) is 18.0. The van der Waals surface area contributed by atoms with E-state index in [-0.39, 0.29) is 23.7 Å². The van der Waals surface area contributed by atoms with Gasteiger partial charge in [-0.3, -0.25) is 0 Å². The van der Waals surface area contributed by atoms with Gasteiger partial charge in [0.15, 0.2) is 0 Å². The molecule has 2 unspecified atom stereocenters. The van der Waals surface area contributed by atoms with Gasteiger partial charge in [0.25, 0.3) is 0 Å². The van der Waals surface area contributed by atoms with E-state index in [9.17, 15) is 9.18 Å². The Kier molecular flexibility index (Phi) is 5.34. The molecular formula is C24H26FN3O3. The van der Waals surface area contributed by atoms with Crippen LogP contribution in [0.25, 0.3) is 0 Å². The first kappa shape index (κ1) is 21.1. The topological polar surface area (TPSA) is 75.4 Å². The van der Waals surface area contributed by atoms with Gasteiger partial charge in [0.1, 0.15) is 18.0 Å². The Bertz CT molecular complexity index is 1040. The highest BCUT2D eigenvalue weighted by Crippen LogP contribution is 2.58. The number of amides is 1. The van der Waals surface area contributed by atoms with Gasteiger partial charge in [-0.1, -0.05) is 12.1 Å². The van der Waals surface area contributed by atoms with Crippen molar-refractivity contribution < 1.29 is 18.7 Å². The summed E-state index contributed by atoms with van der Waals surface area (Å²) >= 11 is 0. The van der Waals surface area contributed by atoms with Crippen molar-refractivity contribution >= 4 is 6.09 Å². The monoisotopic (exact) mass is 423 g/mol. The molecule has 1 aromatic heterocycles. The number of benzene rings is 1. The van der Waals surface area contributed by atoms with Gasteiger partial charge >= 0.3 is 6.09 Å². The Morgan fingerprint density at radius 2 is 2.16 bits per heavy atom. The molecule has 1 aliphatic carbocycles. The van der Waals surface area contributed by atoms with Gasteiger partial charge in [-0.2, -0.15) is 5.26 Å². The summed E-state index contributed by atoms with van der Waals surface area (Å²) in [7, 11) is 0. The number of nitrogens with zero attached hydrogens (tertiary/aromatic N) is 3. The van der Waals surface area contributed by atoms with Gasteiger partial charge in [-0.15, -0.1) is 0 Å². The second-order valence-corrected chi connectivity index (χ2v) is 9.30. The summed E-state index contributed by atoms with van der Waals surface area (Å²) in [6.45, 7) is 6.95. The molecule has 0 radical (unpaired) electrons. The fraction of sp³-hybridized carbons (Fsp3) is 0.458. The summed E-state index contributed by atoms with van der Waals surface area (Å²) in [5.74, 6) is 0.328. The normalized spacial score (nSPS) is 22.3. The Morgan fingerprint density at radius 1 is 1.35 bits per heavy atom. The lowest BCUT2D eigenvalue weighted by Crippen LogP contribution is -2.43. The number of ether oxygens (including phenoxy) is 2. The summed E-state index contributed by atoms with van der Waals surface area (Å²) in [4.78, 5) is 18.9. The Morgan fingerprint density at radius 3 is 2.84 bits per heavy atom. The lowest BCUT2D eigenvalue weighted by molar-refractivity contribution is 0.0197. The Balaban J connectivity index is 1.40. The van der Waals surface area contributed by atoms with Crippen LogP contribution in [-0.2, 0) is 16.8 Å². The number of hydrogen-bond acceptors (Lipinski definition) is 5. The van der Waals surface area contributed by atoms with Crippen molar-refractivity contribution in [1.29, 1.82) is 5.26 Å². The van der Waals surface area contributed by atoms with Gasteiger partial charge in [-0.25, -0.2) is 14.2 Å². The molecule has 7 heteroatoms. The number of nitriles is 1. The molecule has 0 bridgehead atoms. The molecule has 1 aromatic carbocycles. The number of likely N-dealkylation sites (tertiary alicyclic amines) is 1. The van der Waals surface area contributed by atoms with E-state index in [1.54, 1.807) is 23.1 Å². The lowest BCUT2D eigenvalue weighted by atomic mass is 9.91. The minimum atomic E-state index is -0.503. The largest absolute Gasteiger partial charge is 0.473 e. The molecule has 0 N–H and O–H groups in total. The van der Waals surface area contributed by atoms with Crippen molar-refractivity contribution in [2.24, 2.45) is 5.92 Å². The first-order valence-corrected chi connectivity index (χ1v) is 10.5. The van der Waals surface area contributed by atoms with Crippen molar-refractivity contribution in [3.05, 3.63) is 59.0 Å². The van der Waals surface area contributed by atoms with Crippen LogP contribution in [0.5, 0.6) is 5.88 Å². The molecular weight excluding hydrogens is 397 g/mol. The quantitative estimate of drug-likeness (QED) is 0.720. The van der Waals surface area contributed by atoms with Crippen LogP contribution in [0.2, 0.25) is 0 Å². The molecule has 2 atom stereocenters. The van der Waals surface area contributed by atoms with E-state index in [2.05, 4.69) is 4.98 Å². The van der Waals surface area contributed by atoms with Crippen LogP contribution in [0.15, 0.2) is 36.4 Å². The highest BCUT2D eigenvalue weighted by atomic mass is 19.1. The molecule has 162 valence electrons. The molecule has 1 saturated carbocycles. The minimum Gasteiger partial charge on any atom is -0.473 e. The molecule has 2 aliphatic rings. The predicted molar refractivity (Wildman–Crippen MR) is 112 cm³/mol. The fourth-order valence-corrected chi connectivity index (χ4v) is 4.21. The van der Waals surface area contributed by atoms with Crippen molar-refractivity contribution in [2.45, 2.75) is 51.2 Å². The molecule has 1 aliphatic heterocycles. The zero-order valence-corrected chi connectivity index (χ0v) is 18.0. The van der Waals surface area contributed by atoms with Crippen molar-refractivity contribution in [2.75, 3.05) is 13.1 Å². The molecule has 31 heavy (non-hydrogen) atoms. The number of fused-ring (bicyclic) bond motifs is 1. The first-order chi connectivity index (χ1) is 14.7. The van der Waals surface area contributed by atoms with Gasteiger partial charge in [0.05, 0.1) is 17.3 Å². The summed E-state index contributed by atoms with van der Waals surface area (Å²) in [5.41, 5.74) is 1.07. The van der Waals surface area contributed by atoms with Gasteiger partial charge in [0.2, 0.25) is 5.88 Å². The third kappa shape index (κ3) is 4.48. The number of hydrogen-bond donors (Lipinski definition) is 0. The minimum absolute atomic E-state index is 0.0302. The van der Waals surface area contributed by atoms with Gasteiger partial charge < -0.3 is 14.4 Å². The van der Waals surface area contributed by atoms with Gasteiger partial charge in [0, 0.05) is 30.1 Å². The molecule has 4 rings (SSSR count). The lowest BCUT2D eigenvalue weighted by Gasteiger charge is -2.33. The summed E-state index contributed by atoms with van der Waals surface area (Å²) < 4.78 is 25.3. The smallest absolute Gasteiger partial charge is 0.410 e. The van der Waals surface area contributed by atoms with E-state index in [0.717, 1.165) is 18.5 Å². The van der Waals surface area contributed by atoms with Gasteiger partial charge in [-0.05, 0) is 57.7 Å². The van der Waals surface area contributed by atoms with Crippen LogP contribution in [-0.4, -0.2) is 34.7 Å². The van der Waals surface area contributed by atoms with E-state index < -0.39 is 11.4 Å². The van der Waals surface area contributed by atoms with Crippen LogP contribution in [0.4, 0.5) is 9.18 Å². The van der Waals surface area contributed by atoms with Crippen LogP contribution in [0.3, 0.4) is 0 Å².